The Morgan fingerprint density at radius 3 is 2.29 bits per heavy atom. The minimum atomic E-state index is -0.296. The van der Waals surface area contributed by atoms with Crippen LogP contribution >= 0.6 is 0 Å². The first-order chi connectivity index (χ1) is 9.82. The minimum absolute atomic E-state index is 0.239. The Labute approximate surface area is 127 Å². The first-order valence-electron chi connectivity index (χ1n) is 7.52. The van der Waals surface area contributed by atoms with Gasteiger partial charge in [0.15, 0.2) is 0 Å². The molecule has 0 radical (unpaired) electrons. The number of carbonyl (C=O) groups is 1. The molecule has 4 nitrogen and oxygen atoms in total. The molecule has 0 saturated carbocycles. The Hall–Kier alpha value is -1.71. The predicted octanol–water partition coefficient (Wildman–Crippen LogP) is 2.70. The van der Waals surface area contributed by atoms with Crippen molar-refractivity contribution in [2.24, 2.45) is 5.41 Å². The van der Waals surface area contributed by atoms with Crippen LogP contribution in [0, 0.1) is 12.3 Å². The first-order valence-corrected chi connectivity index (χ1v) is 7.52. The van der Waals surface area contributed by atoms with Crippen molar-refractivity contribution in [1.82, 2.24) is 4.90 Å². The van der Waals surface area contributed by atoms with Crippen LogP contribution in [0.1, 0.15) is 26.3 Å². The fourth-order valence-corrected chi connectivity index (χ4v) is 2.65. The van der Waals surface area contributed by atoms with Crippen LogP contribution in [0.3, 0.4) is 0 Å². The van der Waals surface area contributed by atoms with Gasteiger partial charge in [-0.3, -0.25) is 4.79 Å². The van der Waals surface area contributed by atoms with E-state index in [0.717, 1.165) is 37.5 Å². The lowest BCUT2D eigenvalue weighted by Gasteiger charge is -2.38. The van der Waals surface area contributed by atoms with Gasteiger partial charge in [-0.2, -0.15) is 0 Å². The third-order valence-electron chi connectivity index (χ3n) is 3.97. The molecule has 0 unspecified atom stereocenters. The van der Waals surface area contributed by atoms with Gasteiger partial charge in [0.05, 0.1) is 7.11 Å². The summed E-state index contributed by atoms with van der Waals surface area (Å²) in [6.07, 6.45) is 0. The molecule has 0 aliphatic carbocycles. The highest BCUT2D eigenvalue weighted by molar-refractivity contribution is 5.81. The molecule has 1 aliphatic rings. The molecule has 1 saturated heterocycles. The summed E-state index contributed by atoms with van der Waals surface area (Å²) in [7, 11) is 1.70. The molecule has 0 bridgehead atoms. The van der Waals surface area contributed by atoms with Gasteiger partial charge in [0.1, 0.15) is 5.75 Å². The standard InChI is InChI=1S/C17H26N2O2/c1-13-6-7-14(12-15(13)21-5)18-8-10-19(11-9-18)16(20)17(2,3)4/h6-7,12H,8-11H2,1-5H3. The van der Waals surface area contributed by atoms with Crippen molar-refractivity contribution in [3.8, 4) is 5.75 Å². The fraction of sp³-hybridized carbons (Fsp3) is 0.588. The maximum atomic E-state index is 12.3. The molecule has 0 aromatic heterocycles. The lowest BCUT2D eigenvalue weighted by Crippen LogP contribution is -2.51. The average Bonchev–Trinajstić information content (AvgIpc) is 2.46. The first kappa shape index (κ1) is 15.7. The van der Waals surface area contributed by atoms with E-state index >= 15 is 0 Å². The number of carbonyl (C=O) groups excluding carboxylic acids is 1. The molecule has 116 valence electrons. The Morgan fingerprint density at radius 2 is 1.76 bits per heavy atom. The molecule has 0 spiro atoms. The number of nitrogens with zero attached hydrogens (tertiary/aromatic N) is 2. The monoisotopic (exact) mass is 290 g/mol. The highest BCUT2D eigenvalue weighted by Gasteiger charge is 2.29. The summed E-state index contributed by atoms with van der Waals surface area (Å²) in [6, 6.07) is 6.29. The van der Waals surface area contributed by atoms with Crippen molar-refractivity contribution in [3.05, 3.63) is 23.8 Å². The van der Waals surface area contributed by atoms with Crippen LogP contribution in [-0.4, -0.2) is 44.1 Å². The topological polar surface area (TPSA) is 32.8 Å². The molecule has 1 aromatic rings. The number of hydrogen-bond acceptors (Lipinski definition) is 3. The second kappa shape index (κ2) is 5.96. The summed E-state index contributed by atoms with van der Waals surface area (Å²) in [4.78, 5) is 16.6. The Bertz CT molecular complexity index is 512. The van der Waals surface area contributed by atoms with Gasteiger partial charge >= 0.3 is 0 Å². The average molecular weight is 290 g/mol. The van der Waals surface area contributed by atoms with Crippen LogP contribution < -0.4 is 9.64 Å². The van der Waals surface area contributed by atoms with Crippen molar-refractivity contribution >= 4 is 11.6 Å². The van der Waals surface area contributed by atoms with E-state index in [9.17, 15) is 4.79 Å². The van der Waals surface area contributed by atoms with Crippen LogP contribution in [0.15, 0.2) is 18.2 Å². The van der Waals surface area contributed by atoms with E-state index in [-0.39, 0.29) is 11.3 Å². The van der Waals surface area contributed by atoms with Gasteiger partial charge in [-0.15, -0.1) is 0 Å². The largest absolute Gasteiger partial charge is 0.496 e. The number of piperazine rings is 1. The zero-order chi connectivity index (χ0) is 15.6. The van der Waals surface area contributed by atoms with E-state index in [4.69, 9.17) is 4.74 Å². The highest BCUT2D eigenvalue weighted by Crippen LogP contribution is 2.26. The summed E-state index contributed by atoms with van der Waals surface area (Å²) in [6.45, 7) is 11.3. The van der Waals surface area contributed by atoms with E-state index in [1.54, 1.807) is 7.11 Å². The summed E-state index contributed by atoms with van der Waals surface area (Å²) < 4.78 is 5.39. The maximum absolute atomic E-state index is 12.3. The van der Waals surface area contributed by atoms with E-state index in [1.165, 1.54) is 5.69 Å². The number of hydrogen-bond donors (Lipinski definition) is 0. The van der Waals surface area contributed by atoms with Crippen molar-refractivity contribution in [3.63, 3.8) is 0 Å². The molecule has 1 fully saturated rings. The molecular weight excluding hydrogens is 264 g/mol. The predicted molar refractivity (Wildman–Crippen MR) is 86.0 cm³/mol. The fourth-order valence-electron chi connectivity index (χ4n) is 2.65. The van der Waals surface area contributed by atoms with Crippen LogP contribution in [0.2, 0.25) is 0 Å². The lowest BCUT2D eigenvalue weighted by atomic mass is 9.94. The molecular formula is C17H26N2O2. The second-order valence-electron chi connectivity index (χ2n) is 6.68. The molecule has 1 aromatic carbocycles. The van der Waals surface area contributed by atoms with Crippen molar-refractivity contribution in [2.75, 3.05) is 38.2 Å². The molecule has 4 heteroatoms. The molecule has 1 amide bonds. The molecule has 1 heterocycles. The van der Waals surface area contributed by atoms with E-state index in [0.29, 0.717) is 0 Å². The highest BCUT2D eigenvalue weighted by atomic mass is 16.5. The molecule has 1 aliphatic heterocycles. The van der Waals surface area contributed by atoms with Gasteiger partial charge in [0.2, 0.25) is 5.91 Å². The lowest BCUT2D eigenvalue weighted by molar-refractivity contribution is -0.139. The van der Waals surface area contributed by atoms with Crippen LogP contribution in [0.5, 0.6) is 5.75 Å². The smallest absolute Gasteiger partial charge is 0.228 e. The van der Waals surface area contributed by atoms with E-state index in [2.05, 4.69) is 23.1 Å². The third kappa shape index (κ3) is 3.49. The Balaban J connectivity index is 2.03. The van der Waals surface area contributed by atoms with Gasteiger partial charge < -0.3 is 14.5 Å². The minimum Gasteiger partial charge on any atom is -0.496 e. The van der Waals surface area contributed by atoms with Crippen molar-refractivity contribution in [1.29, 1.82) is 0 Å². The molecule has 2 rings (SSSR count). The summed E-state index contributed by atoms with van der Waals surface area (Å²) in [5.74, 6) is 1.16. The van der Waals surface area contributed by atoms with Crippen molar-refractivity contribution in [2.45, 2.75) is 27.7 Å². The summed E-state index contributed by atoms with van der Waals surface area (Å²) in [5, 5.41) is 0. The molecule has 21 heavy (non-hydrogen) atoms. The molecule has 0 N–H and O–H groups in total. The summed E-state index contributed by atoms with van der Waals surface area (Å²) in [5.41, 5.74) is 2.01. The van der Waals surface area contributed by atoms with E-state index in [1.807, 2.05) is 32.6 Å². The normalized spacial score (nSPS) is 16.0. The number of benzene rings is 1. The SMILES string of the molecule is COc1cc(N2CCN(C(=O)C(C)(C)C)CC2)ccc1C. The quantitative estimate of drug-likeness (QED) is 0.839. The number of anilines is 1. The summed E-state index contributed by atoms with van der Waals surface area (Å²) >= 11 is 0. The van der Waals surface area contributed by atoms with E-state index < -0.39 is 0 Å². The van der Waals surface area contributed by atoms with Crippen LogP contribution in [-0.2, 0) is 4.79 Å². The van der Waals surface area contributed by atoms with Crippen molar-refractivity contribution < 1.29 is 9.53 Å². The number of ether oxygens (including phenoxy) is 1. The Kier molecular flexibility index (Phi) is 4.45. The molecule has 0 atom stereocenters. The Morgan fingerprint density at radius 1 is 1.14 bits per heavy atom. The second-order valence-corrected chi connectivity index (χ2v) is 6.68. The van der Waals surface area contributed by atoms with Gasteiger partial charge in [0, 0.05) is 43.3 Å². The van der Waals surface area contributed by atoms with Gasteiger partial charge in [0.25, 0.3) is 0 Å². The third-order valence-corrected chi connectivity index (χ3v) is 3.97. The number of methoxy groups -OCH3 is 1. The van der Waals surface area contributed by atoms with Crippen LogP contribution in [0.25, 0.3) is 0 Å². The van der Waals surface area contributed by atoms with Gasteiger partial charge in [-0.25, -0.2) is 0 Å². The number of rotatable bonds is 2. The number of aryl methyl sites for hydroxylation is 1. The zero-order valence-electron chi connectivity index (χ0n) is 13.8. The maximum Gasteiger partial charge on any atom is 0.228 e. The van der Waals surface area contributed by atoms with Crippen LogP contribution in [0.4, 0.5) is 5.69 Å². The number of amides is 1. The zero-order valence-corrected chi connectivity index (χ0v) is 13.8. The van der Waals surface area contributed by atoms with Gasteiger partial charge in [-0.1, -0.05) is 26.8 Å². The van der Waals surface area contributed by atoms with Gasteiger partial charge in [-0.05, 0) is 18.6 Å².